The maximum Gasteiger partial charge on any atom is 0.337 e. The van der Waals surface area contributed by atoms with Crippen LogP contribution in [0, 0.1) is 27.7 Å². The predicted molar refractivity (Wildman–Crippen MR) is 71.3 cm³/mol. The number of aliphatic carboxylic acids is 2. The molecule has 0 saturated heterocycles. The Balaban J connectivity index is 0.000000711. The van der Waals surface area contributed by atoms with E-state index in [0.717, 1.165) is 29.2 Å². The van der Waals surface area contributed by atoms with Gasteiger partial charge in [0.2, 0.25) is 0 Å². The number of benzene rings is 1. The van der Waals surface area contributed by atoms with E-state index < -0.39 is 18.0 Å². The third-order valence-corrected chi connectivity index (χ3v) is 2.93. The lowest BCUT2D eigenvalue weighted by Gasteiger charge is -2.17. The van der Waals surface area contributed by atoms with E-state index in [1.165, 1.54) is 0 Å². The van der Waals surface area contributed by atoms with E-state index in [9.17, 15) is 9.90 Å². The van der Waals surface area contributed by atoms with Crippen molar-refractivity contribution >= 4 is 11.9 Å². The Bertz CT molecular complexity index is 461. The molecule has 1 rings (SSSR count). The summed E-state index contributed by atoms with van der Waals surface area (Å²) in [6, 6.07) is 2.00. The van der Waals surface area contributed by atoms with Crippen LogP contribution in [0.2, 0.25) is 0 Å². The van der Waals surface area contributed by atoms with Crippen LogP contribution < -0.4 is 0 Å². The van der Waals surface area contributed by atoms with Gasteiger partial charge in [-0.15, -0.1) is 0 Å². The highest BCUT2D eigenvalue weighted by Crippen LogP contribution is 2.27. The highest BCUT2D eigenvalue weighted by atomic mass is 16.4. The molecule has 1 atom stereocenters. The van der Waals surface area contributed by atoms with E-state index in [-0.39, 0.29) is 0 Å². The minimum Gasteiger partial charge on any atom is -0.481 e. The van der Waals surface area contributed by atoms with Gasteiger partial charge in [-0.2, -0.15) is 0 Å². The molecule has 1 aromatic carbocycles. The summed E-state index contributed by atoms with van der Waals surface area (Å²) < 4.78 is 0. The molecule has 0 saturated carbocycles. The molecule has 0 bridgehead atoms. The zero-order valence-electron chi connectivity index (χ0n) is 11.8. The average Bonchev–Trinajstić information content (AvgIpc) is 2.25. The number of aliphatic hydroxyl groups is 1. The lowest BCUT2D eigenvalue weighted by atomic mass is 9.91. The second kappa shape index (κ2) is 6.89. The van der Waals surface area contributed by atoms with Crippen molar-refractivity contribution in [3.05, 3.63) is 33.9 Å². The average molecular weight is 268 g/mol. The topological polar surface area (TPSA) is 94.8 Å². The fourth-order valence-electron chi connectivity index (χ4n) is 1.78. The van der Waals surface area contributed by atoms with Gasteiger partial charge >= 0.3 is 5.97 Å². The number of rotatable bonds is 2. The molecular formula is C14H20O5. The Labute approximate surface area is 112 Å². The monoisotopic (exact) mass is 268 g/mol. The quantitative estimate of drug-likeness (QED) is 0.763. The third kappa shape index (κ3) is 4.71. The molecule has 0 aromatic heterocycles. The molecule has 1 aromatic rings. The van der Waals surface area contributed by atoms with Crippen LogP contribution >= 0.6 is 0 Å². The van der Waals surface area contributed by atoms with E-state index in [4.69, 9.17) is 15.0 Å². The van der Waals surface area contributed by atoms with Gasteiger partial charge in [0.15, 0.2) is 6.10 Å². The highest BCUT2D eigenvalue weighted by molar-refractivity contribution is 5.75. The van der Waals surface area contributed by atoms with E-state index in [0.29, 0.717) is 5.56 Å². The van der Waals surface area contributed by atoms with Crippen LogP contribution in [0.3, 0.4) is 0 Å². The van der Waals surface area contributed by atoms with Gasteiger partial charge in [-0.25, -0.2) is 4.79 Å². The van der Waals surface area contributed by atoms with Gasteiger partial charge in [0, 0.05) is 6.92 Å². The van der Waals surface area contributed by atoms with Crippen molar-refractivity contribution in [3.63, 3.8) is 0 Å². The first-order valence-corrected chi connectivity index (χ1v) is 5.77. The molecule has 5 nitrogen and oxygen atoms in total. The van der Waals surface area contributed by atoms with Crippen molar-refractivity contribution in [2.24, 2.45) is 0 Å². The summed E-state index contributed by atoms with van der Waals surface area (Å²) in [5.74, 6) is -2.04. The number of carboxylic acids is 2. The molecule has 5 heteroatoms. The first-order chi connectivity index (χ1) is 8.59. The van der Waals surface area contributed by atoms with Gasteiger partial charge in [-0.05, 0) is 55.5 Å². The molecular weight excluding hydrogens is 248 g/mol. The minimum absolute atomic E-state index is 0.528. The molecule has 19 heavy (non-hydrogen) atoms. The maximum atomic E-state index is 10.8. The van der Waals surface area contributed by atoms with Crippen molar-refractivity contribution in [1.82, 2.24) is 0 Å². The highest BCUT2D eigenvalue weighted by Gasteiger charge is 2.22. The van der Waals surface area contributed by atoms with Crippen LogP contribution in [-0.2, 0) is 9.59 Å². The lowest BCUT2D eigenvalue weighted by molar-refractivity contribution is -0.147. The fourth-order valence-corrected chi connectivity index (χ4v) is 1.78. The van der Waals surface area contributed by atoms with Crippen molar-refractivity contribution in [2.45, 2.75) is 40.7 Å². The number of hydrogen-bond donors (Lipinski definition) is 3. The standard InChI is InChI=1S/C12H16O3.C2H4O2/c1-6-5-7(2)9(4)10(8(6)3)11(13)12(14)15;1-2(3)4/h5,11,13H,1-4H3,(H,14,15);1H3,(H,3,4). The molecule has 0 amide bonds. The molecule has 106 valence electrons. The Hall–Kier alpha value is -1.88. The zero-order valence-corrected chi connectivity index (χ0v) is 11.8. The Morgan fingerprint density at radius 2 is 1.32 bits per heavy atom. The van der Waals surface area contributed by atoms with Gasteiger partial charge in [0.05, 0.1) is 0 Å². The van der Waals surface area contributed by atoms with Gasteiger partial charge in [-0.3, -0.25) is 4.79 Å². The van der Waals surface area contributed by atoms with Crippen LogP contribution in [-0.4, -0.2) is 27.3 Å². The van der Waals surface area contributed by atoms with Gasteiger partial charge in [-0.1, -0.05) is 6.07 Å². The largest absolute Gasteiger partial charge is 0.481 e. The first-order valence-electron chi connectivity index (χ1n) is 5.77. The second-order valence-electron chi connectivity index (χ2n) is 4.43. The van der Waals surface area contributed by atoms with E-state index in [2.05, 4.69) is 0 Å². The van der Waals surface area contributed by atoms with Crippen LogP contribution in [0.1, 0.15) is 40.8 Å². The number of carboxylic acid groups (broad SMARTS) is 2. The Morgan fingerprint density at radius 1 is 1.00 bits per heavy atom. The summed E-state index contributed by atoms with van der Waals surface area (Å²) >= 11 is 0. The van der Waals surface area contributed by atoms with Crippen LogP contribution in [0.15, 0.2) is 6.07 Å². The van der Waals surface area contributed by atoms with Gasteiger partial charge < -0.3 is 15.3 Å². The Kier molecular flexibility index (Phi) is 6.21. The summed E-state index contributed by atoms with van der Waals surface area (Å²) in [6.45, 7) is 8.59. The second-order valence-corrected chi connectivity index (χ2v) is 4.43. The number of aliphatic hydroxyl groups excluding tert-OH is 1. The summed E-state index contributed by atoms with van der Waals surface area (Å²) in [7, 11) is 0. The maximum absolute atomic E-state index is 10.8. The van der Waals surface area contributed by atoms with E-state index >= 15 is 0 Å². The van der Waals surface area contributed by atoms with Gasteiger partial charge in [0.25, 0.3) is 5.97 Å². The third-order valence-electron chi connectivity index (χ3n) is 2.93. The van der Waals surface area contributed by atoms with E-state index in [1.54, 1.807) is 0 Å². The molecule has 0 heterocycles. The summed E-state index contributed by atoms with van der Waals surface area (Å²) in [6.07, 6.45) is -1.43. The smallest absolute Gasteiger partial charge is 0.337 e. The molecule has 0 aliphatic heterocycles. The number of aryl methyl sites for hydroxylation is 2. The van der Waals surface area contributed by atoms with Crippen molar-refractivity contribution < 1.29 is 24.9 Å². The lowest BCUT2D eigenvalue weighted by Crippen LogP contribution is -2.14. The summed E-state index contributed by atoms with van der Waals surface area (Å²) in [4.78, 5) is 19.8. The molecule has 0 aliphatic rings. The fraction of sp³-hybridized carbons (Fsp3) is 0.429. The summed E-state index contributed by atoms with van der Waals surface area (Å²) in [5, 5.41) is 25.8. The normalized spacial score (nSPS) is 11.3. The number of hydrogen-bond acceptors (Lipinski definition) is 3. The first kappa shape index (κ1) is 17.1. The minimum atomic E-state index is -1.43. The van der Waals surface area contributed by atoms with Crippen LogP contribution in [0.25, 0.3) is 0 Å². The SMILES string of the molecule is CC(=O)O.Cc1cc(C)c(C)c(C(O)C(=O)O)c1C. The molecule has 3 N–H and O–H groups in total. The zero-order chi connectivity index (χ0) is 15.3. The van der Waals surface area contributed by atoms with Crippen LogP contribution in [0.4, 0.5) is 0 Å². The molecule has 0 fully saturated rings. The Morgan fingerprint density at radius 3 is 1.58 bits per heavy atom. The van der Waals surface area contributed by atoms with Crippen molar-refractivity contribution in [1.29, 1.82) is 0 Å². The molecule has 1 unspecified atom stereocenters. The molecule has 0 radical (unpaired) electrons. The van der Waals surface area contributed by atoms with Gasteiger partial charge in [0.1, 0.15) is 0 Å². The van der Waals surface area contributed by atoms with Crippen LogP contribution in [0.5, 0.6) is 0 Å². The predicted octanol–water partition coefficient (Wildman–Crippen LogP) is 2.13. The van der Waals surface area contributed by atoms with Crippen molar-refractivity contribution in [2.75, 3.05) is 0 Å². The van der Waals surface area contributed by atoms with E-state index in [1.807, 2.05) is 33.8 Å². The van der Waals surface area contributed by atoms with Crippen molar-refractivity contribution in [3.8, 4) is 0 Å². The summed E-state index contributed by atoms with van der Waals surface area (Å²) in [5.41, 5.74) is 4.25. The molecule has 0 aliphatic carbocycles. The number of carbonyl (C=O) groups is 2. The molecule has 0 spiro atoms.